The number of carbonyl (C=O) groups excluding carboxylic acids is 1. The van der Waals surface area contributed by atoms with E-state index in [0.29, 0.717) is 30.5 Å². The summed E-state index contributed by atoms with van der Waals surface area (Å²) < 4.78 is 10.4. The monoisotopic (exact) mass is 392 g/mol. The summed E-state index contributed by atoms with van der Waals surface area (Å²) in [7, 11) is 1.67. The summed E-state index contributed by atoms with van der Waals surface area (Å²) in [5.74, 6) is 1.73. The number of nitrogens with zero attached hydrogens (tertiary/aromatic N) is 2. The van der Waals surface area contributed by atoms with Crippen LogP contribution < -0.4 is 15.4 Å². The van der Waals surface area contributed by atoms with E-state index in [0.717, 1.165) is 23.4 Å². The molecule has 0 saturated carbocycles. The predicted octanol–water partition coefficient (Wildman–Crippen LogP) is 4.06. The molecule has 3 rings (SSSR count). The van der Waals surface area contributed by atoms with Crippen LogP contribution in [0.4, 0.5) is 17.5 Å². The first kappa shape index (κ1) is 20.1. The number of hydrogen-bond donors (Lipinski definition) is 2. The molecule has 1 aromatic heterocycles. The second-order valence-electron chi connectivity index (χ2n) is 6.18. The number of anilines is 3. The summed E-state index contributed by atoms with van der Waals surface area (Å²) in [6.07, 6.45) is 2.48. The van der Waals surface area contributed by atoms with Crippen LogP contribution in [0.5, 0.6) is 5.75 Å². The fraction of sp³-hybridized carbons (Fsp3) is 0.227. The van der Waals surface area contributed by atoms with Crippen LogP contribution in [0.15, 0.2) is 60.8 Å². The molecule has 0 saturated heterocycles. The van der Waals surface area contributed by atoms with Crippen molar-refractivity contribution in [2.24, 2.45) is 0 Å². The maximum Gasteiger partial charge on any atom is 0.338 e. The molecule has 2 aromatic carbocycles. The Hall–Kier alpha value is -3.61. The minimum absolute atomic E-state index is 0.331. The Morgan fingerprint density at radius 1 is 1.07 bits per heavy atom. The molecular formula is C22H24N4O3. The number of carbonyl (C=O) groups is 1. The number of nitrogens with one attached hydrogen (secondary N) is 2. The summed E-state index contributed by atoms with van der Waals surface area (Å²) in [6, 6.07) is 16.8. The SMILES string of the molecule is CCOC(=O)c1ccc(Nc2ccnc(NCCc3ccccc3OC)n2)cc1. The summed E-state index contributed by atoms with van der Waals surface area (Å²) in [5, 5.41) is 6.44. The van der Waals surface area contributed by atoms with Gasteiger partial charge in [-0.25, -0.2) is 9.78 Å². The normalized spacial score (nSPS) is 10.3. The fourth-order valence-corrected chi connectivity index (χ4v) is 2.78. The zero-order chi connectivity index (χ0) is 20.5. The van der Waals surface area contributed by atoms with Crippen molar-refractivity contribution in [3.63, 3.8) is 0 Å². The molecule has 3 aromatic rings. The second-order valence-corrected chi connectivity index (χ2v) is 6.18. The fourth-order valence-electron chi connectivity index (χ4n) is 2.78. The minimum atomic E-state index is -0.331. The number of para-hydroxylation sites is 1. The summed E-state index contributed by atoms with van der Waals surface area (Å²) in [4.78, 5) is 20.5. The molecule has 0 aliphatic heterocycles. The van der Waals surface area contributed by atoms with Crippen LogP contribution in [0.25, 0.3) is 0 Å². The van der Waals surface area contributed by atoms with E-state index in [1.807, 2.05) is 36.4 Å². The van der Waals surface area contributed by atoms with Gasteiger partial charge in [0.15, 0.2) is 0 Å². The van der Waals surface area contributed by atoms with Crippen molar-refractivity contribution in [3.05, 3.63) is 71.9 Å². The summed E-state index contributed by atoms with van der Waals surface area (Å²) in [6.45, 7) is 2.82. The van der Waals surface area contributed by atoms with Gasteiger partial charge < -0.3 is 20.1 Å². The van der Waals surface area contributed by atoms with Gasteiger partial charge in [-0.15, -0.1) is 0 Å². The van der Waals surface area contributed by atoms with E-state index in [-0.39, 0.29) is 5.97 Å². The Kier molecular flexibility index (Phi) is 7.00. The van der Waals surface area contributed by atoms with Gasteiger partial charge in [-0.2, -0.15) is 4.98 Å². The molecule has 0 aliphatic carbocycles. The number of benzene rings is 2. The molecule has 7 nitrogen and oxygen atoms in total. The lowest BCUT2D eigenvalue weighted by Crippen LogP contribution is -2.09. The van der Waals surface area contributed by atoms with Crippen LogP contribution in [0.2, 0.25) is 0 Å². The van der Waals surface area contributed by atoms with E-state index in [1.165, 1.54) is 0 Å². The highest BCUT2D eigenvalue weighted by Crippen LogP contribution is 2.19. The van der Waals surface area contributed by atoms with Gasteiger partial charge in [0, 0.05) is 18.4 Å². The Balaban J connectivity index is 1.57. The van der Waals surface area contributed by atoms with Crippen molar-refractivity contribution >= 4 is 23.4 Å². The highest BCUT2D eigenvalue weighted by Gasteiger charge is 2.07. The third kappa shape index (κ3) is 5.68. The molecule has 0 bridgehead atoms. The van der Waals surface area contributed by atoms with E-state index in [1.54, 1.807) is 38.4 Å². The maximum absolute atomic E-state index is 11.7. The summed E-state index contributed by atoms with van der Waals surface area (Å²) >= 11 is 0. The zero-order valence-corrected chi connectivity index (χ0v) is 16.5. The van der Waals surface area contributed by atoms with E-state index in [9.17, 15) is 4.79 Å². The van der Waals surface area contributed by atoms with E-state index in [4.69, 9.17) is 9.47 Å². The van der Waals surface area contributed by atoms with Crippen molar-refractivity contribution in [1.29, 1.82) is 0 Å². The average Bonchev–Trinajstić information content (AvgIpc) is 2.75. The number of aromatic nitrogens is 2. The number of esters is 1. The van der Waals surface area contributed by atoms with Crippen LogP contribution in [-0.4, -0.2) is 36.2 Å². The third-order valence-electron chi connectivity index (χ3n) is 4.19. The van der Waals surface area contributed by atoms with E-state index in [2.05, 4.69) is 20.6 Å². The molecule has 0 spiro atoms. The van der Waals surface area contributed by atoms with Gasteiger partial charge in [0.1, 0.15) is 11.6 Å². The molecule has 0 radical (unpaired) electrons. The molecular weight excluding hydrogens is 368 g/mol. The number of rotatable bonds is 9. The molecule has 0 atom stereocenters. The van der Waals surface area contributed by atoms with Crippen molar-refractivity contribution < 1.29 is 14.3 Å². The van der Waals surface area contributed by atoms with Crippen LogP contribution in [0.3, 0.4) is 0 Å². The van der Waals surface area contributed by atoms with Crippen molar-refractivity contribution in [1.82, 2.24) is 9.97 Å². The standard InChI is InChI=1S/C22H24N4O3/c1-3-29-21(27)17-8-10-18(11-9-17)25-20-13-15-24-22(26-20)23-14-12-16-6-4-5-7-19(16)28-2/h4-11,13,15H,3,12,14H2,1-2H3,(H2,23,24,25,26). The smallest absolute Gasteiger partial charge is 0.338 e. The van der Waals surface area contributed by atoms with Gasteiger partial charge in [-0.3, -0.25) is 0 Å². The number of ether oxygens (including phenoxy) is 2. The van der Waals surface area contributed by atoms with Crippen LogP contribution in [0, 0.1) is 0 Å². The third-order valence-corrected chi connectivity index (χ3v) is 4.19. The average molecular weight is 392 g/mol. The van der Waals surface area contributed by atoms with Crippen LogP contribution in [-0.2, 0) is 11.2 Å². The minimum Gasteiger partial charge on any atom is -0.496 e. The molecule has 0 amide bonds. The second kappa shape index (κ2) is 10.1. The van der Waals surface area contributed by atoms with Crippen molar-refractivity contribution in [2.75, 3.05) is 30.9 Å². The molecule has 0 fully saturated rings. The highest BCUT2D eigenvalue weighted by atomic mass is 16.5. The lowest BCUT2D eigenvalue weighted by atomic mass is 10.1. The molecule has 1 heterocycles. The first-order valence-electron chi connectivity index (χ1n) is 9.42. The quantitative estimate of drug-likeness (QED) is 0.531. The first-order valence-corrected chi connectivity index (χ1v) is 9.42. The largest absolute Gasteiger partial charge is 0.496 e. The Morgan fingerprint density at radius 3 is 2.62 bits per heavy atom. The lowest BCUT2D eigenvalue weighted by Gasteiger charge is -2.10. The molecule has 0 aliphatic rings. The molecule has 29 heavy (non-hydrogen) atoms. The number of hydrogen-bond acceptors (Lipinski definition) is 7. The Bertz CT molecular complexity index is 945. The van der Waals surface area contributed by atoms with Crippen LogP contribution >= 0.6 is 0 Å². The van der Waals surface area contributed by atoms with Gasteiger partial charge in [0.25, 0.3) is 0 Å². The van der Waals surface area contributed by atoms with Gasteiger partial charge >= 0.3 is 5.97 Å². The van der Waals surface area contributed by atoms with Crippen molar-refractivity contribution in [2.45, 2.75) is 13.3 Å². The first-order chi connectivity index (χ1) is 14.2. The molecule has 2 N–H and O–H groups in total. The maximum atomic E-state index is 11.7. The van der Waals surface area contributed by atoms with Gasteiger partial charge in [-0.05, 0) is 55.3 Å². The van der Waals surface area contributed by atoms with Crippen LogP contribution in [0.1, 0.15) is 22.8 Å². The van der Waals surface area contributed by atoms with Gasteiger partial charge in [0.2, 0.25) is 5.95 Å². The Morgan fingerprint density at radius 2 is 1.86 bits per heavy atom. The van der Waals surface area contributed by atoms with Crippen molar-refractivity contribution in [3.8, 4) is 5.75 Å². The highest BCUT2D eigenvalue weighted by molar-refractivity contribution is 5.89. The number of methoxy groups -OCH3 is 1. The lowest BCUT2D eigenvalue weighted by molar-refractivity contribution is 0.0526. The van der Waals surface area contributed by atoms with Gasteiger partial charge in [0.05, 0.1) is 19.3 Å². The summed E-state index contributed by atoms with van der Waals surface area (Å²) in [5.41, 5.74) is 2.45. The molecule has 150 valence electrons. The zero-order valence-electron chi connectivity index (χ0n) is 16.5. The molecule has 7 heteroatoms. The van der Waals surface area contributed by atoms with Gasteiger partial charge in [-0.1, -0.05) is 18.2 Å². The predicted molar refractivity (Wildman–Crippen MR) is 113 cm³/mol. The van der Waals surface area contributed by atoms with E-state index < -0.39 is 0 Å². The topological polar surface area (TPSA) is 85.4 Å². The molecule has 0 unspecified atom stereocenters. The van der Waals surface area contributed by atoms with E-state index >= 15 is 0 Å². The Labute approximate surface area is 170 Å².